The van der Waals surface area contributed by atoms with E-state index in [0.717, 1.165) is 45.4 Å². The van der Waals surface area contributed by atoms with Gasteiger partial charge in [0.15, 0.2) is 0 Å². The third-order valence-electron chi connectivity index (χ3n) is 5.86. The first-order valence-electron chi connectivity index (χ1n) is 9.66. The molecule has 0 radical (unpaired) electrons. The van der Waals surface area contributed by atoms with Gasteiger partial charge in [-0.25, -0.2) is 4.79 Å². The second kappa shape index (κ2) is 7.32. The number of amides is 4. The van der Waals surface area contributed by atoms with E-state index >= 15 is 0 Å². The predicted molar refractivity (Wildman–Crippen MR) is 94.0 cm³/mol. The molecule has 1 spiro atoms. The van der Waals surface area contributed by atoms with Crippen LogP contribution in [0.5, 0.6) is 0 Å². The maximum atomic E-state index is 13.1. The van der Waals surface area contributed by atoms with Crippen molar-refractivity contribution in [2.24, 2.45) is 0 Å². The Morgan fingerprint density at radius 2 is 1.92 bits per heavy atom. The van der Waals surface area contributed by atoms with Crippen molar-refractivity contribution in [2.45, 2.75) is 64.0 Å². The molecule has 4 amide bonds. The number of rotatable bonds is 4. The van der Waals surface area contributed by atoms with Crippen LogP contribution in [-0.2, 0) is 9.59 Å². The summed E-state index contributed by atoms with van der Waals surface area (Å²) in [5, 5.41) is 2.99. The minimum Gasteiger partial charge on any atom is -0.341 e. The van der Waals surface area contributed by atoms with Crippen LogP contribution < -0.4 is 5.32 Å². The Morgan fingerprint density at radius 1 is 1.20 bits per heavy atom. The quantitative estimate of drug-likeness (QED) is 0.773. The predicted octanol–water partition coefficient (Wildman–Crippen LogP) is 1.18. The van der Waals surface area contributed by atoms with Gasteiger partial charge in [-0.3, -0.25) is 14.5 Å². The van der Waals surface area contributed by atoms with Crippen molar-refractivity contribution in [1.29, 1.82) is 0 Å². The van der Waals surface area contributed by atoms with E-state index in [-0.39, 0.29) is 23.9 Å². The molecule has 0 unspecified atom stereocenters. The second-order valence-corrected chi connectivity index (χ2v) is 7.52. The maximum absolute atomic E-state index is 13.1. The molecule has 1 atom stereocenters. The molecule has 3 saturated heterocycles. The average molecular weight is 350 g/mol. The Morgan fingerprint density at radius 3 is 2.56 bits per heavy atom. The van der Waals surface area contributed by atoms with E-state index < -0.39 is 5.54 Å². The first-order valence-corrected chi connectivity index (χ1v) is 9.66. The molecular formula is C18H30N4O3. The van der Waals surface area contributed by atoms with Crippen LogP contribution in [0.3, 0.4) is 0 Å². The first kappa shape index (κ1) is 18.2. The number of imide groups is 1. The highest BCUT2D eigenvalue weighted by molar-refractivity contribution is 6.07. The van der Waals surface area contributed by atoms with E-state index in [1.165, 1.54) is 4.90 Å². The molecule has 1 N–H and O–H groups in total. The Bertz CT molecular complexity index is 542. The minimum atomic E-state index is -0.724. The monoisotopic (exact) mass is 350 g/mol. The zero-order valence-electron chi connectivity index (χ0n) is 15.4. The van der Waals surface area contributed by atoms with Crippen molar-refractivity contribution in [1.82, 2.24) is 20.0 Å². The normalized spacial score (nSPS) is 27.0. The van der Waals surface area contributed by atoms with Crippen LogP contribution in [-0.4, -0.2) is 76.8 Å². The summed E-state index contributed by atoms with van der Waals surface area (Å²) in [7, 11) is 0. The summed E-state index contributed by atoms with van der Waals surface area (Å²) in [6.45, 7) is 7.93. The topological polar surface area (TPSA) is 73.0 Å². The molecular weight excluding hydrogens is 320 g/mol. The molecule has 3 fully saturated rings. The Labute approximate surface area is 149 Å². The van der Waals surface area contributed by atoms with Gasteiger partial charge < -0.3 is 15.1 Å². The number of likely N-dealkylation sites (tertiary alicyclic amines) is 2. The zero-order valence-corrected chi connectivity index (χ0v) is 15.4. The lowest BCUT2D eigenvalue weighted by Gasteiger charge is -2.39. The minimum absolute atomic E-state index is 0.0792. The summed E-state index contributed by atoms with van der Waals surface area (Å²) < 4.78 is 0. The average Bonchev–Trinajstić information content (AvgIpc) is 2.86. The van der Waals surface area contributed by atoms with E-state index in [4.69, 9.17) is 0 Å². The third-order valence-corrected chi connectivity index (χ3v) is 5.86. The van der Waals surface area contributed by atoms with E-state index in [1.54, 1.807) is 4.90 Å². The Balaban J connectivity index is 1.68. The Kier molecular flexibility index (Phi) is 5.32. The summed E-state index contributed by atoms with van der Waals surface area (Å²) in [5.41, 5.74) is -0.724. The van der Waals surface area contributed by atoms with Crippen LogP contribution in [0.4, 0.5) is 4.79 Å². The highest BCUT2D eigenvalue weighted by Crippen LogP contribution is 2.32. The van der Waals surface area contributed by atoms with Gasteiger partial charge in [0.05, 0.1) is 6.04 Å². The number of hydrogen-bond acceptors (Lipinski definition) is 4. The van der Waals surface area contributed by atoms with Gasteiger partial charge in [0, 0.05) is 32.6 Å². The number of carbonyl (C=O) groups is 3. The maximum Gasteiger partial charge on any atom is 0.325 e. The molecule has 3 rings (SSSR count). The van der Waals surface area contributed by atoms with Gasteiger partial charge in [0.25, 0.3) is 5.91 Å². The van der Waals surface area contributed by atoms with Crippen LogP contribution in [0.15, 0.2) is 0 Å². The number of carbonyl (C=O) groups excluding carboxylic acids is 3. The number of urea groups is 1. The SMILES string of the molecule is CCCN1CCC2(CC1)NC(=O)N([C@@H]1CCCN(C(=O)CC)C1)C2=O. The van der Waals surface area contributed by atoms with Gasteiger partial charge in [-0.15, -0.1) is 0 Å². The largest absolute Gasteiger partial charge is 0.341 e. The highest BCUT2D eigenvalue weighted by Gasteiger charge is 2.54. The summed E-state index contributed by atoms with van der Waals surface area (Å²) in [4.78, 5) is 43.3. The molecule has 3 aliphatic rings. The van der Waals surface area contributed by atoms with Crippen molar-refractivity contribution in [3.63, 3.8) is 0 Å². The number of nitrogens with one attached hydrogen (secondary N) is 1. The van der Waals surface area contributed by atoms with Crippen molar-refractivity contribution in [2.75, 3.05) is 32.7 Å². The van der Waals surface area contributed by atoms with Crippen molar-refractivity contribution < 1.29 is 14.4 Å². The van der Waals surface area contributed by atoms with Gasteiger partial charge >= 0.3 is 6.03 Å². The third kappa shape index (κ3) is 3.38. The smallest absolute Gasteiger partial charge is 0.325 e. The van der Waals surface area contributed by atoms with Crippen LogP contribution in [0.1, 0.15) is 52.4 Å². The van der Waals surface area contributed by atoms with Gasteiger partial charge in [0.1, 0.15) is 5.54 Å². The van der Waals surface area contributed by atoms with Gasteiger partial charge in [-0.2, -0.15) is 0 Å². The molecule has 3 heterocycles. The van der Waals surface area contributed by atoms with Crippen LogP contribution in [0, 0.1) is 0 Å². The number of nitrogens with zero attached hydrogens (tertiary/aromatic N) is 3. The standard InChI is InChI=1S/C18H30N4O3/c1-3-9-20-11-7-18(8-12-20)16(24)22(17(25)19-18)14-6-5-10-21(13-14)15(23)4-2/h14H,3-13H2,1-2H3,(H,19,25)/t14-/m1/s1. The van der Waals surface area contributed by atoms with E-state index in [1.807, 2.05) is 6.92 Å². The van der Waals surface area contributed by atoms with E-state index in [0.29, 0.717) is 25.8 Å². The molecule has 0 aliphatic carbocycles. The van der Waals surface area contributed by atoms with Gasteiger partial charge in [-0.1, -0.05) is 13.8 Å². The summed E-state index contributed by atoms with van der Waals surface area (Å²) in [6.07, 6.45) is 4.54. The fourth-order valence-electron chi connectivity index (χ4n) is 4.40. The summed E-state index contributed by atoms with van der Waals surface area (Å²) in [5.74, 6) is 0.0174. The number of hydrogen-bond donors (Lipinski definition) is 1. The molecule has 3 aliphatic heterocycles. The lowest BCUT2D eigenvalue weighted by Crippen LogP contribution is -2.56. The van der Waals surface area contributed by atoms with Crippen LogP contribution in [0.25, 0.3) is 0 Å². The fourth-order valence-corrected chi connectivity index (χ4v) is 4.40. The van der Waals surface area contributed by atoms with E-state index in [2.05, 4.69) is 17.1 Å². The first-order chi connectivity index (χ1) is 12.0. The molecule has 0 aromatic heterocycles. The number of piperidine rings is 2. The van der Waals surface area contributed by atoms with Crippen molar-refractivity contribution in [3.8, 4) is 0 Å². The second-order valence-electron chi connectivity index (χ2n) is 7.52. The van der Waals surface area contributed by atoms with Crippen molar-refractivity contribution >= 4 is 17.8 Å². The molecule has 25 heavy (non-hydrogen) atoms. The molecule has 0 aromatic carbocycles. The lowest BCUT2D eigenvalue weighted by atomic mass is 9.87. The van der Waals surface area contributed by atoms with Gasteiger partial charge in [0.2, 0.25) is 5.91 Å². The molecule has 7 nitrogen and oxygen atoms in total. The zero-order chi connectivity index (χ0) is 18.0. The van der Waals surface area contributed by atoms with E-state index in [9.17, 15) is 14.4 Å². The molecule has 7 heteroatoms. The molecule has 140 valence electrons. The molecule has 0 bridgehead atoms. The van der Waals surface area contributed by atoms with Crippen LogP contribution in [0.2, 0.25) is 0 Å². The Hall–Kier alpha value is -1.63. The molecule has 0 saturated carbocycles. The lowest BCUT2D eigenvalue weighted by molar-refractivity contribution is -0.139. The fraction of sp³-hybridized carbons (Fsp3) is 0.833. The van der Waals surface area contributed by atoms with Crippen LogP contribution >= 0.6 is 0 Å². The van der Waals surface area contributed by atoms with Crippen molar-refractivity contribution in [3.05, 3.63) is 0 Å². The van der Waals surface area contributed by atoms with Gasteiger partial charge in [-0.05, 0) is 38.6 Å². The summed E-state index contributed by atoms with van der Waals surface area (Å²) in [6, 6.07) is -0.463. The summed E-state index contributed by atoms with van der Waals surface area (Å²) >= 11 is 0. The molecule has 0 aromatic rings. The highest BCUT2D eigenvalue weighted by atomic mass is 16.2.